The number of fused-ring (bicyclic) bond motifs is 3. The molecule has 0 radical (unpaired) electrons. The van der Waals surface area contributed by atoms with E-state index in [9.17, 15) is 14.7 Å². The summed E-state index contributed by atoms with van der Waals surface area (Å²) in [6.45, 7) is 2.78. The van der Waals surface area contributed by atoms with Crippen molar-refractivity contribution in [2.24, 2.45) is 0 Å². The molecule has 7 rings (SSSR count). The standard InChI is InChI=1S/C35H45FN4O5/c1-39(26-9-10-27(21-26)45-16-3-2-6-24-8-7-22-5-4-15-37-32(22)38-24)31(33(41)42)28-19-23(36)20-29-30(28)35(13-14-35)34(43)40(29)25-11-17-44-18-12-25/h7-8,19-20,25-27,31H,2-6,9-18,21H2,1H3,(H,37,38)(H,41,42)/t26-,27-,31?/m0/s1. The van der Waals surface area contributed by atoms with Crippen LogP contribution in [0.2, 0.25) is 0 Å². The molecular weight excluding hydrogens is 575 g/mol. The van der Waals surface area contributed by atoms with Gasteiger partial charge >= 0.3 is 5.97 Å². The molecule has 3 aliphatic heterocycles. The minimum atomic E-state index is -1.04. The third-order valence-corrected chi connectivity index (χ3v) is 10.8. The SMILES string of the molecule is CN(C(C(=O)O)c1cc(F)cc2c1C1(CC1)C(=O)N2C1CCOCC1)[C@H]1CC[C@H](OCCCCc2ccc3c(n2)NCCC3)C1. The van der Waals surface area contributed by atoms with E-state index >= 15 is 4.39 Å². The first-order valence-electron chi connectivity index (χ1n) is 16.9. The summed E-state index contributed by atoms with van der Waals surface area (Å²) in [6, 6.07) is 6.03. The molecular formula is C35H45FN4O5. The number of rotatable bonds is 11. The third kappa shape index (κ3) is 5.85. The highest BCUT2D eigenvalue weighted by Crippen LogP contribution is 2.60. The van der Waals surface area contributed by atoms with Gasteiger partial charge in [0.05, 0.1) is 17.2 Å². The number of carbonyl (C=O) groups excluding carboxylic acids is 1. The zero-order chi connectivity index (χ0) is 31.1. The zero-order valence-electron chi connectivity index (χ0n) is 26.2. The second kappa shape index (κ2) is 12.6. The van der Waals surface area contributed by atoms with E-state index < -0.39 is 23.2 Å². The molecule has 1 saturated heterocycles. The van der Waals surface area contributed by atoms with Crippen LogP contribution in [0.5, 0.6) is 0 Å². The van der Waals surface area contributed by atoms with Gasteiger partial charge in [0.15, 0.2) is 0 Å². The van der Waals surface area contributed by atoms with Crippen molar-refractivity contribution >= 4 is 23.4 Å². The second-order valence-corrected chi connectivity index (χ2v) is 13.7. The lowest BCUT2D eigenvalue weighted by molar-refractivity contribution is -0.144. The summed E-state index contributed by atoms with van der Waals surface area (Å²) < 4.78 is 27.1. The van der Waals surface area contributed by atoms with E-state index in [-0.39, 0.29) is 24.1 Å². The van der Waals surface area contributed by atoms with Gasteiger partial charge in [-0.15, -0.1) is 0 Å². The number of unbranched alkanes of at least 4 members (excludes halogenated alkanes) is 1. The summed E-state index contributed by atoms with van der Waals surface area (Å²) in [7, 11) is 1.83. The maximum Gasteiger partial charge on any atom is 0.325 e. The number of hydrogen-bond acceptors (Lipinski definition) is 7. The number of aryl methyl sites for hydroxylation is 2. The van der Waals surface area contributed by atoms with Crippen LogP contribution in [0.1, 0.15) is 92.6 Å². The van der Waals surface area contributed by atoms with Crippen molar-refractivity contribution in [2.75, 3.05) is 43.6 Å². The molecule has 5 aliphatic rings. The van der Waals surface area contributed by atoms with Crippen molar-refractivity contribution in [2.45, 2.75) is 107 Å². The molecule has 1 aromatic heterocycles. The van der Waals surface area contributed by atoms with Gasteiger partial charge in [-0.3, -0.25) is 14.5 Å². The predicted octanol–water partition coefficient (Wildman–Crippen LogP) is 5.15. The van der Waals surface area contributed by atoms with E-state index in [1.165, 1.54) is 17.7 Å². The molecule has 2 N–H and O–H groups in total. The smallest absolute Gasteiger partial charge is 0.325 e. The Hall–Kier alpha value is -3.08. The van der Waals surface area contributed by atoms with Crippen LogP contribution in [-0.2, 0) is 37.3 Å². The van der Waals surface area contributed by atoms with Crippen LogP contribution < -0.4 is 10.2 Å². The molecule has 1 unspecified atom stereocenters. The molecule has 1 amide bonds. The monoisotopic (exact) mass is 620 g/mol. The second-order valence-electron chi connectivity index (χ2n) is 13.7. The Morgan fingerprint density at radius 3 is 2.82 bits per heavy atom. The molecule has 242 valence electrons. The number of aromatic nitrogens is 1. The molecule has 9 nitrogen and oxygen atoms in total. The number of amides is 1. The summed E-state index contributed by atoms with van der Waals surface area (Å²) in [4.78, 5) is 35.2. The Bertz CT molecular complexity index is 1440. The Kier molecular flexibility index (Phi) is 8.56. The van der Waals surface area contributed by atoms with Gasteiger partial charge in [0.2, 0.25) is 5.91 Å². The van der Waals surface area contributed by atoms with Gasteiger partial charge in [0.1, 0.15) is 17.7 Å². The van der Waals surface area contributed by atoms with Gasteiger partial charge in [0, 0.05) is 44.1 Å². The van der Waals surface area contributed by atoms with Gasteiger partial charge in [-0.25, -0.2) is 9.37 Å². The Morgan fingerprint density at radius 2 is 2.04 bits per heavy atom. The Morgan fingerprint density at radius 1 is 1.22 bits per heavy atom. The fourth-order valence-corrected chi connectivity index (χ4v) is 8.22. The number of nitrogens with one attached hydrogen (secondary N) is 1. The van der Waals surface area contributed by atoms with Gasteiger partial charge in [-0.05, 0) is 119 Å². The summed E-state index contributed by atoms with van der Waals surface area (Å²) in [5, 5.41) is 14.0. The lowest BCUT2D eigenvalue weighted by atomic mass is 9.88. The molecule has 3 fully saturated rings. The molecule has 3 atom stereocenters. The van der Waals surface area contributed by atoms with Gasteiger partial charge in [-0.2, -0.15) is 0 Å². The molecule has 45 heavy (non-hydrogen) atoms. The molecule has 4 heterocycles. The normalized spacial score (nSPS) is 24.5. The van der Waals surface area contributed by atoms with Crippen molar-refractivity contribution < 1.29 is 28.6 Å². The average molecular weight is 621 g/mol. The molecule has 2 aliphatic carbocycles. The number of pyridine rings is 1. The van der Waals surface area contributed by atoms with Crippen LogP contribution in [0.3, 0.4) is 0 Å². The summed E-state index contributed by atoms with van der Waals surface area (Å²) >= 11 is 0. The number of nitrogens with zero attached hydrogens (tertiary/aromatic N) is 3. The highest BCUT2D eigenvalue weighted by molar-refractivity contribution is 6.11. The van der Waals surface area contributed by atoms with Crippen molar-refractivity contribution in [3.8, 4) is 0 Å². The number of carbonyl (C=O) groups is 2. The first-order valence-corrected chi connectivity index (χ1v) is 16.9. The van der Waals surface area contributed by atoms with Crippen molar-refractivity contribution in [3.05, 3.63) is 52.5 Å². The number of halogens is 1. The highest BCUT2D eigenvalue weighted by Gasteiger charge is 2.62. The number of likely N-dealkylation sites (N-methyl/N-ethyl adjacent to an activating group) is 1. The zero-order valence-corrected chi connectivity index (χ0v) is 26.2. The number of benzene rings is 1. The van der Waals surface area contributed by atoms with Crippen molar-refractivity contribution in [1.82, 2.24) is 9.88 Å². The first kappa shape index (κ1) is 30.6. The lowest BCUT2D eigenvalue weighted by Crippen LogP contribution is -2.43. The highest BCUT2D eigenvalue weighted by atomic mass is 19.1. The van der Waals surface area contributed by atoms with Crippen LogP contribution in [0.25, 0.3) is 0 Å². The van der Waals surface area contributed by atoms with Crippen molar-refractivity contribution in [3.63, 3.8) is 0 Å². The van der Waals surface area contributed by atoms with Crippen molar-refractivity contribution in [1.29, 1.82) is 0 Å². The maximum atomic E-state index is 15.3. The topological polar surface area (TPSA) is 104 Å². The molecule has 1 aromatic carbocycles. The third-order valence-electron chi connectivity index (χ3n) is 10.8. The minimum absolute atomic E-state index is 0.00329. The van der Waals surface area contributed by atoms with E-state index in [1.807, 2.05) is 11.9 Å². The summed E-state index contributed by atoms with van der Waals surface area (Å²) in [5.41, 5.74) is 3.41. The fourth-order valence-electron chi connectivity index (χ4n) is 8.22. The molecule has 0 bridgehead atoms. The molecule has 2 saturated carbocycles. The van der Waals surface area contributed by atoms with E-state index in [1.54, 1.807) is 4.90 Å². The Balaban J connectivity index is 0.993. The van der Waals surface area contributed by atoms with Crippen LogP contribution in [0.15, 0.2) is 24.3 Å². The van der Waals surface area contributed by atoms with Crippen LogP contribution >= 0.6 is 0 Å². The van der Waals surface area contributed by atoms with Crippen LogP contribution in [0.4, 0.5) is 15.9 Å². The lowest BCUT2D eigenvalue weighted by Gasteiger charge is -2.33. The van der Waals surface area contributed by atoms with E-state index in [0.717, 1.165) is 75.0 Å². The first-order chi connectivity index (χ1) is 21.9. The van der Waals surface area contributed by atoms with Gasteiger partial charge in [-0.1, -0.05) is 6.07 Å². The number of ether oxygens (including phenoxy) is 2. The van der Waals surface area contributed by atoms with Crippen LogP contribution in [0, 0.1) is 5.82 Å². The minimum Gasteiger partial charge on any atom is -0.480 e. The number of carboxylic acid groups (broad SMARTS) is 1. The number of aliphatic carboxylic acids is 1. The van der Waals surface area contributed by atoms with Gasteiger partial charge in [0.25, 0.3) is 0 Å². The molecule has 1 spiro atoms. The van der Waals surface area contributed by atoms with E-state index in [2.05, 4.69) is 17.4 Å². The number of anilines is 2. The fraction of sp³-hybridized carbons (Fsp3) is 0.629. The average Bonchev–Trinajstić information content (AvgIpc) is 3.63. The maximum absolute atomic E-state index is 15.3. The van der Waals surface area contributed by atoms with E-state index in [0.29, 0.717) is 56.8 Å². The largest absolute Gasteiger partial charge is 0.480 e. The Labute approximate surface area is 264 Å². The quantitative estimate of drug-likeness (QED) is 0.333. The summed E-state index contributed by atoms with van der Waals surface area (Å²) in [5.74, 6) is -0.486. The van der Waals surface area contributed by atoms with Gasteiger partial charge < -0.3 is 24.8 Å². The van der Waals surface area contributed by atoms with E-state index in [4.69, 9.17) is 14.5 Å². The number of carboxylic acids is 1. The summed E-state index contributed by atoms with van der Waals surface area (Å²) in [6.07, 6.45) is 10.3. The number of hydrogen-bond donors (Lipinski definition) is 2. The molecule has 2 aromatic rings. The van der Waals surface area contributed by atoms with Crippen LogP contribution in [-0.4, -0.2) is 78.5 Å². The predicted molar refractivity (Wildman–Crippen MR) is 168 cm³/mol. The molecule has 10 heteroatoms.